The van der Waals surface area contributed by atoms with Gasteiger partial charge in [-0.05, 0) is 48.0 Å². The summed E-state index contributed by atoms with van der Waals surface area (Å²) >= 11 is 5.86. The van der Waals surface area contributed by atoms with Crippen molar-refractivity contribution in [2.75, 3.05) is 0 Å². The van der Waals surface area contributed by atoms with Crippen molar-refractivity contribution < 1.29 is 24.2 Å². The number of carbonyl (C=O) groups is 3. The summed E-state index contributed by atoms with van der Waals surface area (Å²) in [5.41, 5.74) is 2.73. The molecule has 0 bridgehead atoms. The molecule has 4 rings (SSSR count). The van der Waals surface area contributed by atoms with Crippen LogP contribution in [0.3, 0.4) is 0 Å². The van der Waals surface area contributed by atoms with Crippen LogP contribution in [0.5, 0.6) is 0 Å². The Morgan fingerprint density at radius 3 is 2.00 bits per heavy atom. The van der Waals surface area contributed by atoms with Crippen molar-refractivity contribution in [3.63, 3.8) is 0 Å². The van der Waals surface area contributed by atoms with Crippen molar-refractivity contribution >= 4 is 41.1 Å². The van der Waals surface area contributed by atoms with Crippen LogP contribution in [0.1, 0.15) is 43.6 Å². The number of carboxylic acid groups (broad SMARTS) is 1. The number of ether oxygens (including phenoxy) is 1. The van der Waals surface area contributed by atoms with Crippen molar-refractivity contribution in [2.45, 2.75) is 6.23 Å². The first-order valence-corrected chi connectivity index (χ1v) is 9.99. The number of esters is 1. The SMILES string of the molecule is O=C1OC(c2ccc(C(=O)O)cc2)N=C1/C=C/c1ccc(C(=O)c2ccc(Cl)cc2)cc1. The molecule has 6 nitrogen and oxygen atoms in total. The first-order valence-electron chi connectivity index (χ1n) is 9.61. The van der Waals surface area contributed by atoms with E-state index < -0.39 is 18.2 Å². The van der Waals surface area contributed by atoms with Gasteiger partial charge in [-0.15, -0.1) is 0 Å². The summed E-state index contributed by atoms with van der Waals surface area (Å²) < 4.78 is 5.26. The maximum atomic E-state index is 12.5. The molecule has 0 saturated heterocycles. The van der Waals surface area contributed by atoms with Crippen LogP contribution in [0.2, 0.25) is 5.02 Å². The third-order valence-electron chi connectivity index (χ3n) is 4.84. The second-order valence-corrected chi connectivity index (χ2v) is 7.43. The smallest absolute Gasteiger partial charge is 0.358 e. The van der Waals surface area contributed by atoms with Crippen molar-refractivity contribution in [1.29, 1.82) is 0 Å². The summed E-state index contributed by atoms with van der Waals surface area (Å²) in [7, 11) is 0. The molecule has 1 heterocycles. The predicted molar refractivity (Wildman–Crippen MR) is 120 cm³/mol. The van der Waals surface area contributed by atoms with E-state index in [9.17, 15) is 14.4 Å². The Morgan fingerprint density at radius 1 is 0.844 bits per heavy atom. The van der Waals surface area contributed by atoms with E-state index in [1.165, 1.54) is 12.1 Å². The number of carbonyl (C=O) groups excluding carboxylic acids is 2. The number of aliphatic imine (C=N–C) groups is 1. The quantitative estimate of drug-likeness (QED) is 0.426. The lowest BCUT2D eigenvalue weighted by molar-refractivity contribution is -0.137. The lowest BCUT2D eigenvalue weighted by Gasteiger charge is -2.06. The van der Waals surface area contributed by atoms with Crippen molar-refractivity contribution in [3.05, 3.63) is 112 Å². The van der Waals surface area contributed by atoms with Gasteiger partial charge in [-0.25, -0.2) is 14.6 Å². The summed E-state index contributed by atoms with van der Waals surface area (Å²) in [6, 6.07) is 19.6. The monoisotopic (exact) mass is 445 g/mol. The average molecular weight is 446 g/mol. The number of benzene rings is 3. The number of hydrogen-bond donors (Lipinski definition) is 1. The van der Waals surface area contributed by atoms with E-state index in [0.717, 1.165) is 5.56 Å². The topological polar surface area (TPSA) is 93.0 Å². The zero-order valence-electron chi connectivity index (χ0n) is 16.6. The highest BCUT2D eigenvalue weighted by molar-refractivity contribution is 6.43. The van der Waals surface area contributed by atoms with Crippen LogP contribution in [-0.4, -0.2) is 28.5 Å². The van der Waals surface area contributed by atoms with Gasteiger partial charge in [0.15, 0.2) is 5.78 Å². The minimum absolute atomic E-state index is 0.113. The fourth-order valence-electron chi connectivity index (χ4n) is 3.10. The molecule has 0 saturated carbocycles. The standard InChI is InChI=1S/C25H16ClNO5/c26-20-12-10-17(11-13-20)22(28)16-4-1-15(2-5-16)3-14-21-25(31)32-23(27-21)18-6-8-19(9-7-18)24(29)30/h1-14,23H,(H,29,30)/b14-3+. The molecule has 1 aliphatic heterocycles. The van der Waals surface area contributed by atoms with Crippen molar-refractivity contribution in [1.82, 2.24) is 0 Å². The van der Waals surface area contributed by atoms with Crippen LogP contribution >= 0.6 is 11.6 Å². The van der Waals surface area contributed by atoms with Gasteiger partial charge >= 0.3 is 11.9 Å². The molecule has 0 radical (unpaired) electrons. The third kappa shape index (κ3) is 4.66. The second kappa shape index (κ2) is 8.99. The van der Waals surface area contributed by atoms with Gasteiger partial charge in [0.05, 0.1) is 5.56 Å². The minimum atomic E-state index is -1.03. The van der Waals surface area contributed by atoms with Gasteiger partial charge in [0.2, 0.25) is 6.23 Å². The van der Waals surface area contributed by atoms with Crippen LogP contribution in [0, 0.1) is 0 Å². The predicted octanol–water partition coefficient (Wildman–Crippen LogP) is 4.98. The highest BCUT2D eigenvalue weighted by atomic mass is 35.5. The molecular formula is C25H16ClNO5. The normalized spacial score (nSPS) is 15.5. The number of nitrogens with zero attached hydrogens (tertiary/aromatic N) is 1. The molecule has 3 aromatic rings. The lowest BCUT2D eigenvalue weighted by Crippen LogP contribution is -2.07. The average Bonchev–Trinajstić information content (AvgIpc) is 3.18. The summed E-state index contributed by atoms with van der Waals surface area (Å²) in [5.74, 6) is -1.71. The maximum Gasteiger partial charge on any atom is 0.358 e. The molecule has 0 aromatic heterocycles. The zero-order chi connectivity index (χ0) is 22.7. The molecule has 0 amide bonds. The van der Waals surface area contributed by atoms with Crippen LogP contribution < -0.4 is 0 Å². The number of halogens is 1. The van der Waals surface area contributed by atoms with E-state index in [4.69, 9.17) is 21.4 Å². The molecular weight excluding hydrogens is 430 g/mol. The Balaban J connectivity index is 1.45. The molecule has 32 heavy (non-hydrogen) atoms. The molecule has 3 aromatic carbocycles. The summed E-state index contributed by atoms with van der Waals surface area (Å²) in [5, 5.41) is 9.54. The number of cyclic esters (lactones) is 1. The molecule has 1 atom stereocenters. The molecule has 1 unspecified atom stereocenters. The van der Waals surface area contributed by atoms with Gasteiger partial charge in [-0.2, -0.15) is 0 Å². The Kier molecular flexibility index (Phi) is 5.96. The number of hydrogen-bond acceptors (Lipinski definition) is 5. The van der Waals surface area contributed by atoms with Crippen LogP contribution in [0.4, 0.5) is 0 Å². The minimum Gasteiger partial charge on any atom is -0.478 e. The van der Waals surface area contributed by atoms with Gasteiger partial charge < -0.3 is 9.84 Å². The van der Waals surface area contributed by atoms with Gasteiger partial charge in [-0.1, -0.05) is 54.1 Å². The molecule has 0 spiro atoms. The van der Waals surface area contributed by atoms with E-state index in [2.05, 4.69) is 4.99 Å². The van der Waals surface area contributed by atoms with Gasteiger partial charge in [0.1, 0.15) is 5.71 Å². The van der Waals surface area contributed by atoms with Crippen molar-refractivity contribution in [3.8, 4) is 0 Å². The Morgan fingerprint density at radius 2 is 1.41 bits per heavy atom. The first-order chi connectivity index (χ1) is 15.4. The lowest BCUT2D eigenvalue weighted by atomic mass is 10.0. The highest BCUT2D eigenvalue weighted by Crippen LogP contribution is 2.25. The Hall–Kier alpha value is -4.03. The maximum absolute atomic E-state index is 12.5. The molecule has 158 valence electrons. The number of aromatic carboxylic acids is 1. The fourth-order valence-corrected chi connectivity index (χ4v) is 3.23. The number of ketones is 1. The largest absolute Gasteiger partial charge is 0.478 e. The molecule has 1 aliphatic rings. The first kappa shape index (κ1) is 21.2. The fraction of sp³-hybridized carbons (Fsp3) is 0.0400. The number of carboxylic acids is 1. The Bertz CT molecular complexity index is 1240. The highest BCUT2D eigenvalue weighted by Gasteiger charge is 2.26. The second-order valence-electron chi connectivity index (χ2n) is 6.99. The Labute approximate surface area is 188 Å². The summed E-state index contributed by atoms with van der Waals surface area (Å²) in [6.45, 7) is 0. The van der Waals surface area contributed by atoms with E-state index in [1.807, 2.05) is 0 Å². The van der Waals surface area contributed by atoms with Crippen LogP contribution in [0.25, 0.3) is 6.08 Å². The van der Waals surface area contributed by atoms with Crippen LogP contribution in [0.15, 0.2) is 83.9 Å². The van der Waals surface area contributed by atoms with Gasteiger partial charge in [0, 0.05) is 21.7 Å². The van der Waals surface area contributed by atoms with E-state index >= 15 is 0 Å². The van der Waals surface area contributed by atoms with Crippen molar-refractivity contribution in [2.24, 2.45) is 4.99 Å². The molecule has 7 heteroatoms. The molecule has 0 aliphatic carbocycles. The molecule has 0 fully saturated rings. The van der Waals surface area contributed by atoms with Crippen LogP contribution in [-0.2, 0) is 9.53 Å². The molecule has 1 N–H and O–H groups in total. The van der Waals surface area contributed by atoms with Gasteiger partial charge in [-0.3, -0.25) is 4.79 Å². The van der Waals surface area contributed by atoms with E-state index in [-0.39, 0.29) is 17.1 Å². The summed E-state index contributed by atoms with van der Waals surface area (Å²) in [6.07, 6.45) is 2.43. The zero-order valence-corrected chi connectivity index (χ0v) is 17.3. The van der Waals surface area contributed by atoms with Gasteiger partial charge in [0.25, 0.3) is 0 Å². The third-order valence-corrected chi connectivity index (χ3v) is 5.09. The number of rotatable bonds is 6. The van der Waals surface area contributed by atoms with E-state index in [1.54, 1.807) is 72.8 Å². The summed E-state index contributed by atoms with van der Waals surface area (Å²) in [4.78, 5) is 39.9. The van der Waals surface area contributed by atoms with E-state index in [0.29, 0.717) is 21.7 Å².